The summed E-state index contributed by atoms with van der Waals surface area (Å²) in [5.41, 5.74) is 5.80. The molecule has 3 heterocycles. The summed E-state index contributed by atoms with van der Waals surface area (Å²) in [4.78, 5) is 12.5. The maximum Gasteiger partial charge on any atom is 0.336 e. The molecule has 1 saturated heterocycles. The van der Waals surface area contributed by atoms with Crippen LogP contribution in [0.4, 0.5) is 4.79 Å². The zero-order valence-corrected chi connectivity index (χ0v) is 16.4. The van der Waals surface area contributed by atoms with E-state index in [0.717, 1.165) is 42.0 Å². The Morgan fingerprint density at radius 1 is 1.39 bits per heavy atom. The van der Waals surface area contributed by atoms with Gasteiger partial charge in [-0.2, -0.15) is 0 Å². The van der Waals surface area contributed by atoms with Crippen LogP contribution >= 0.6 is 11.6 Å². The fourth-order valence-corrected chi connectivity index (χ4v) is 3.64. The quantitative estimate of drug-likeness (QED) is 0.794. The minimum absolute atomic E-state index is 0.104. The highest BCUT2D eigenvalue weighted by molar-refractivity contribution is 6.30. The molecule has 0 aliphatic carbocycles. The Hall–Kier alpha value is -2.35. The van der Waals surface area contributed by atoms with Gasteiger partial charge in [-0.15, -0.1) is 0 Å². The summed E-state index contributed by atoms with van der Waals surface area (Å²) in [7, 11) is 0. The van der Waals surface area contributed by atoms with E-state index in [1.54, 1.807) is 6.20 Å². The molecule has 2 aliphatic rings. The molecule has 2 aromatic rings. The number of hydrogen-bond donors (Lipinski definition) is 2. The zero-order valence-electron chi connectivity index (χ0n) is 15.7. The van der Waals surface area contributed by atoms with Crippen molar-refractivity contribution in [3.63, 3.8) is 0 Å². The minimum atomic E-state index is -0.211. The number of amides is 2. The van der Waals surface area contributed by atoms with E-state index in [1.807, 2.05) is 37.3 Å². The standard InChI is InChI=1S/C20H23ClN4O3/c1-2-17-18(19(24-28-17)13-5-7-14(21)8-6-13)16-9-10-25(23-16)20(26)22-12-15-4-3-11-27-15/h5-10,15-16,23H,2-4,11-12H2,1H3,(H,22,26). The van der Waals surface area contributed by atoms with Crippen molar-refractivity contribution in [1.82, 2.24) is 20.9 Å². The first-order valence-electron chi connectivity index (χ1n) is 9.53. The van der Waals surface area contributed by atoms with Crippen LogP contribution < -0.4 is 10.7 Å². The lowest BCUT2D eigenvalue weighted by Gasteiger charge is -2.20. The Bertz CT molecular complexity index is 859. The van der Waals surface area contributed by atoms with Crippen LogP contribution in [0.5, 0.6) is 0 Å². The van der Waals surface area contributed by atoms with Crippen LogP contribution in [0.3, 0.4) is 0 Å². The fourth-order valence-electron chi connectivity index (χ4n) is 3.51. The molecule has 4 rings (SSSR count). The van der Waals surface area contributed by atoms with Crippen LogP contribution in [0.25, 0.3) is 11.3 Å². The van der Waals surface area contributed by atoms with Crippen molar-refractivity contribution < 1.29 is 14.1 Å². The highest BCUT2D eigenvalue weighted by Crippen LogP contribution is 2.34. The Morgan fingerprint density at radius 3 is 2.93 bits per heavy atom. The molecule has 28 heavy (non-hydrogen) atoms. The fraction of sp³-hybridized carbons (Fsp3) is 0.400. The van der Waals surface area contributed by atoms with Crippen LogP contribution in [0.15, 0.2) is 41.1 Å². The van der Waals surface area contributed by atoms with E-state index < -0.39 is 0 Å². The maximum atomic E-state index is 12.5. The third-order valence-electron chi connectivity index (χ3n) is 4.98. The van der Waals surface area contributed by atoms with Gasteiger partial charge in [0.2, 0.25) is 0 Å². The molecule has 2 aliphatic heterocycles. The van der Waals surface area contributed by atoms with Gasteiger partial charge in [-0.3, -0.25) is 0 Å². The predicted octanol–water partition coefficient (Wildman–Crippen LogP) is 3.82. The highest BCUT2D eigenvalue weighted by atomic mass is 35.5. The number of nitrogens with one attached hydrogen (secondary N) is 2. The minimum Gasteiger partial charge on any atom is -0.376 e. The SMILES string of the molecule is CCc1onc(-c2ccc(Cl)cc2)c1C1C=CN(C(=O)NCC2CCCO2)N1. The number of carbonyl (C=O) groups is 1. The second-order valence-electron chi connectivity index (χ2n) is 6.87. The summed E-state index contributed by atoms with van der Waals surface area (Å²) in [6, 6.07) is 7.05. The topological polar surface area (TPSA) is 79.6 Å². The molecule has 2 amide bonds. The van der Waals surface area contributed by atoms with Gasteiger partial charge >= 0.3 is 6.03 Å². The third-order valence-corrected chi connectivity index (χ3v) is 5.23. The lowest BCUT2D eigenvalue weighted by atomic mass is 9.99. The van der Waals surface area contributed by atoms with Crippen molar-refractivity contribution >= 4 is 17.6 Å². The van der Waals surface area contributed by atoms with Crippen molar-refractivity contribution in [2.45, 2.75) is 38.3 Å². The van der Waals surface area contributed by atoms with E-state index >= 15 is 0 Å². The van der Waals surface area contributed by atoms with Crippen LogP contribution in [-0.4, -0.2) is 35.5 Å². The van der Waals surface area contributed by atoms with Gasteiger partial charge in [0.1, 0.15) is 11.5 Å². The molecule has 1 fully saturated rings. The Morgan fingerprint density at radius 2 is 2.21 bits per heavy atom. The molecular weight excluding hydrogens is 380 g/mol. The smallest absolute Gasteiger partial charge is 0.336 e. The van der Waals surface area contributed by atoms with Crippen LogP contribution in [-0.2, 0) is 11.2 Å². The third kappa shape index (κ3) is 3.92. The van der Waals surface area contributed by atoms with Gasteiger partial charge in [-0.25, -0.2) is 15.2 Å². The van der Waals surface area contributed by atoms with Gasteiger partial charge in [0.15, 0.2) is 0 Å². The summed E-state index contributed by atoms with van der Waals surface area (Å²) >= 11 is 6.00. The summed E-state index contributed by atoms with van der Waals surface area (Å²) in [6.07, 6.45) is 6.49. The van der Waals surface area contributed by atoms with Crippen molar-refractivity contribution in [2.24, 2.45) is 0 Å². The van der Waals surface area contributed by atoms with Gasteiger partial charge < -0.3 is 14.6 Å². The number of benzene rings is 1. The molecule has 8 heteroatoms. The number of carbonyl (C=O) groups excluding carboxylic acids is 1. The zero-order chi connectivity index (χ0) is 19.5. The summed E-state index contributed by atoms with van der Waals surface area (Å²) in [6.45, 7) is 3.30. The molecule has 1 aromatic heterocycles. The van der Waals surface area contributed by atoms with E-state index in [0.29, 0.717) is 18.0 Å². The summed E-state index contributed by atoms with van der Waals surface area (Å²) in [5, 5.41) is 9.29. The molecule has 2 unspecified atom stereocenters. The summed E-state index contributed by atoms with van der Waals surface area (Å²) < 4.78 is 11.1. The number of halogens is 1. The first kappa shape index (κ1) is 19.0. The van der Waals surface area contributed by atoms with E-state index in [9.17, 15) is 4.79 Å². The lowest BCUT2D eigenvalue weighted by Crippen LogP contribution is -2.45. The maximum absolute atomic E-state index is 12.5. The van der Waals surface area contributed by atoms with Gasteiger partial charge in [0, 0.05) is 41.9 Å². The second kappa shape index (κ2) is 8.34. The van der Waals surface area contributed by atoms with Crippen molar-refractivity contribution in [3.8, 4) is 11.3 Å². The monoisotopic (exact) mass is 402 g/mol. The number of aryl methyl sites for hydroxylation is 1. The predicted molar refractivity (Wildman–Crippen MR) is 106 cm³/mol. The average Bonchev–Trinajstić information content (AvgIpc) is 3.46. The molecular formula is C20H23ClN4O3. The van der Waals surface area contributed by atoms with Crippen molar-refractivity contribution in [1.29, 1.82) is 0 Å². The Labute approximate surface area is 168 Å². The van der Waals surface area contributed by atoms with Crippen LogP contribution in [0.2, 0.25) is 5.02 Å². The van der Waals surface area contributed by atoms with E-state index in [1.165, 1.54) is 5.01 Å². The molecule has 0 bridgehead atoms. The highest BCUT2D eigenvalue weighted by Gasteiger charge is 2.29. The van der Waals surface area contributed by atoms with E-state index in [2.05, 4.69) is 15.9 Å². The number of hydrogen-bond acceptors (Lipinski definition) is 5. The van der Waals surface area contributed by atoms with Crippen molar-refractivity contribution in [2.75, 3.05) is 13.2 Å². The van der Waals surface area contributed by atoms with Gasteiger partial charge in [-0.05, 0) is 31.1 Å². The van der Waals surface area contributed by atoms with Gasteiger partial charge in [0.05, 0.1) is 12.1 Å². The Balaban J connectivity index is 1.47. The summed E-state index contributed by atoms with van der Waals surface area (Å²) in [5.74, 6) is 0.786. The number of rotatable bonds is 5. The first-order valence-corrected chi connectivity index (χ1v) is 9.91. The molecule has 0 saturated carbocycles. The normalized spacial score (nSPS) is 21.4. The number of nitrogens with zero attached hydrogens (tertiary/aromatic N) is 2. The van der Waals surface area contributed by atoms with Gasteiger partial charge in [-0.1, -0.05) is 35.8 Å². The Kier molecular flexibility index (Phi) is 5.66. The van der Waals surface area contributed by atoms with Crippen LogP contribution in [0, 0.1) is 0 Å². The van der Waals surface area contributed by atoms with Crippen molar-refractivity contribution in [3.05, 3.63) is 52.9 Å². The molecule has 2 N–H and O–H groups in total. The molecule has 0 spiro atoms. The number of hydrazine groups is 1. The molecule has 7 nitrogen and oxygen atoms in total. The van der Waals surface area contributed by atoms with E-state index in [-0.39, 0.29) is 18.2 Å². The first-order chi connectivity index (χ1) is 13.7. The number of aromatic nitrogens is 1. The van der Waals surface area contributed by atoms with E-state index in [4.69, 9.17) is 20.9 Å². The molecule has 1 aromatic carbocycles. The largest absolute Gasteiger partial charge is 0.376 e. The second-order valence-corrected chi connectivity index (χ2v) is 7.30. The number of ether oxygens (including phenoxy) is 1. The average molecular weight is 403 g/mol. The lowest BCUT2D eigenvalue weighted by molar-refractivity contribution is 0.109. The molecule has 148 valence electrons. The van der Waals surface area contributed by atoms with Gasteiger partial charge in [0.25, 0.3) is 0 Å². The van der Waals surface area contributed by atoms with Crippen LogP contribution in [0.1, 0.15) is 37.1 Å². The molecule has 0 radical (unpaired) electrons. The molecule has 2 atom stereocenters. The number of urea groups is 1.